The number of carbonyl (C=O) groups is 2. The van der Waals surface area contributed by atoms with Crippen LogP contribution >= 0.6 is 0 Å². The van der Waals surface area contributed by atoms with Crippen LogP contribution in [0.4, 0.5) is 0 Å². The van der Waals surface area contributed by atoms with Gasteiger partial charge >= 0.3 is 11.9 Å². The lowest BCUT2D eigenvalue weighted by molar-refractivity contribution is -0.160. The van der Waals surface area contributed by atoms with Crippen molar-refractivity contribution < 1.29 is 19.8 Å². The minimum Gasteiger partial charge on any atom is -0.481 e. The van der Waals surface area contributed by atoms with Crippen molar-refractivity contribution in [2.75, 3.05) is 0 Å². The van der Waals surface area contributed by atoms with Gasteiger partial charge < -0.3 is 10.2 Å². The second-order valence-electron chi connectivity index (χ2n) is 5.37. The van der Waals surface area contributed by atoms with Gasteiger partial charge in [0, 0.05) is 5.71 Å². The highest BCUT2D eigenvalue weighted by Crippen LogP contribution is 2.47. The molecule has 4 unspecified atom stereocenters. The SMILES string of the molecule is CCCC1(C(=O)O)C(C)N=C(C)C(C(=O)O)C1CC. The summed E-state index contributed by atoms with van der Waals surface area (Å²) in [5, 5.41) is 19.1. The molecule has 0 aromatic carbocycles. The molecule has 0 aliphatic carbocycles. The maximum absolute atomic E-state index is 11.9. The number of nitrogens with zero attached hydrogens (tertiary/aromatic N) is 1. The minimum absolute atomic E-state index is 0.384. The van der Waals surface area contributed by atoms with Crippen molar-refractivity contribution in [1.29, 1.82) is 0 Å². The van der Waals surface area contributed by atoms with E-state index >= 15 is 0 Å². The molecule has 1 aliphatic rings. The lowest BCUT2D eigenvalue weighted by Crippen LogP contribution is -2.55. The van der Waals surface area contributed by atoms with E-state index < -0.39 is 29.2 Å². The normalized spacial score (nSPS) is 34.7. The molecule has 0 saturated carbocycles. The summed E-state index contributed by atoms with van der Waals surface area (Å²) >= 11 is 0. The van der Waals surface area contributed by atoms with E-state index in [-0.39, 0.29) is 6.04 Å². The summed E-state index contributed by atoms with van der Waals surface area (Å²) in [7, 11) is 0. The van der Waals surface area contributed by atoms with Crippen molar-refractivity contribution in [1.82, 2.24) is 0 Å². The third-order valence-electron chi connectivity index (χ3n) is 4.42. The van der Waals surface area contributed by atoms with Crippen LogP contribution in [0.3, 0.4) is 0 Å². The Bertz CT molecular complexity index is 404. The van der Waals surface area contributed by atoms with E-state index in [2.05, 4.69) is 4.99 Å². The molecule has 2 N–H and O–H groups in total. The molecule has 0 spiro atoms. The third-order valence-corrected chi connectivity index (χ3v) is 4.42. The van der Waals surface area contributed by atoms with E-state index in [0.717, 1.165) is 0 Å². The van der Waals surface area contributed by atoms with Crippen LogP contribution in [0.1, 0.15) is 47.0 Å². The Balaban J connectivity index is 3.43. The van der Waals surface area contributed by atoms with Gasteiger partial charge in [-0.2, -0.15) is 0 Å². The number of aliphatic carboxylic acids is 2. The van der Waals surface area contributed by atoms with Crippen LogP contribution < -0.4 is 0 Å². The van der Waals surface area contributed by atoms with Gasteiger partial charge in [-0.05, 0) is 26.2 Å². The molecule has 1 aliphatic heterocycles. The van der Waals surface area contributed by atoms with Gasteiger partial charge in [0.25, 0.3) is 0 Å². The standard InChI is InChI=1S/C14H23NO4/c1-5-7-14(13(18)19)9(4)15-8(3)11(12(16)17)10(14)6-2/h9-11H,5-7H2,1-4H3,(H,16,17)(H,18,19). The van der Waals surface area contributed by atoms with E-state index in [1.807, 2.05) is 13.8 Å². The van der Waals surface area contributed by atoms with Gasteiger partial charge in [0.1, 0.15) is 0 Å². The molecular formula is C14H23NO4. The van der Waals surface area contributed by atoms with Gasteiger partial charge in [0.15, 0.2) is 0 Å². The highest BCUT2D eigenvalue weighted by Gasteiger charge is 2.56. The summed E-state index contributed by atoms with van der Waals surface area (Å²) in [5.74, 6) is -3.09. The first kappa shape index (κ1) is 15.7. The maximum atomic E-state index is 11.9. The van der Waals surface area contributed by atoms with Crippen LogP contribution in [0.25, 0.3) is 0 Å². The second kappa shape index (κ2) is 5.72. The minimum atomic E-state index is -1.06. The van der Waals surface area contributed by atoms with E-state index in [4.69, 9.17) is 0 Å². The number of rotatable bonds is 5. The molecule has 0 fully saturated rings. The lowest BCUT2D eigenvalue weighted by atomic mass is 9.59. The largest absolute Gasteiger partial charge is 0.481 e. The van der Waals surface area contributed by atoms with E-state index in [1.54, 1.807) is 13.8 Å². The molecule has 5 nitrogen and oxygen atoms in total. The Morgan fingerprint density at radius 2 is 1.89 bits per heavy atom. The molecule has 0 amide bonds. The summed E-state index contributed by atoms with van der Waals surface area (Å²) in [4.78, 5) is 27.7. The number of aliphatic imine (C=N–C) groups is 1. The number of hydrogen-bond acceptors (Lipinski definition) is 3. The Kier molecular flexibility index (Phi) is 4.71. The molecule has 0 radical (unpaired) electrons. The Morgan fingerprint density at radius 1 is 1.32 bits per heavy atom. The Morgan fingerprint density at radius 3 is 2.26 bits per heavy atom. The summed E-state index contributed by atoms with van der Waals surface area (Å²) in [6.07, 6.45) is 1.69. The predicted molar refractivity (Wildman–Crippen MR) is 72.5 cm³/mol. The number of carboxylic acids is 2. The fourth-order valence-electron chi connectivity index (χ4n) is 3.60. The number of hydrogen-bond donors (Lipinski definition) is 2. The second-order valence-corrected chi connectivity index (χ2v) is 5.37. The zero-order valence-electron chi connectivity index (χ0n) is 12.0. The van der Waals surface area contributed by atoms with Crippen molar-refractivity contribution in [3.8, 4) is 0 Å². The van der Waals surface area contributed by atoms with Crippen molar-refractivity contribution >= 4 is 17.7 Å². The fraction of sp³-hybridized carbons (Fsp3) is 0.786. The van der Waals surface area contributed by atoms with Crippen LogP contribution in [0, 0.1) is 17.3 Å². The highest BCUT2D eigenvalue weighted by atomic mass is 16.4. The topological polar surface area (TPSA) is 87.0 Å². The van der Waals surface area contributed by atoms with Gasteiger partial charge in [-0.15, -0.1) is 0 Å². The van der Waals surface area contributed by atoms with Crippen LogP contribution in [0.2, 0.25) is 0 Å². The summed E-state index contributed by atoms with van der Waals surface area (Å²) in [6, 6.07) is -0.384. The average molecular weight is 269 g/mol. The average Bonchev–Trinajstić information content (AvgIpc) is 2.30. The fourth-order valence-corrected chi connectivity index (χ4v) is 3.60. The molecular weight excluding hydrogens is 246 g/mol. The van der Waals surface area contributed by atoms with Crippen LogP contribution in [-0.4, -0.2) is 33.9 Å². The smallest absolute Gasteiger partial charge is 0.312 e. The van der Waals surface area contributed by atoms with Gasteiger partial charge in [0.2, 0.25) is 0 Å². The highest BCUT2D eigenvalue weighted by molar-refractivity contribution is 6.02. The molecule has 4 atom stereocenters. The molecule has 1 rings (SSSR count). The summed E-state index contributed by atoms with van der Waals surface area (Å²) < 4.78 is 0. The first-order valence-electron chi connectivity index (χ1n) is 6.83. The molecule has 0 aromatic heterocycles. The van der Waals surface area contributed by atoms with E-state index in [1.165, 1.54) is 0 Å². The molecule has 1 heterocycles. The van der Waals surface area contributed by atoms with Crippen molar-refractivity contribution in [3.05, 3.63) is 0 Å². The zero-order chi connectivity index (χ0) is 14.8. The quantitative estimate of drug-likeness (QED) is 0.802. The molecule has 0 aromatic rings. The van der Waals surface area contributed by atoms with Gasteiger partial charge in [-0.25, -0.2) is 0 Å². The van der Waals surface area contributed by atoms with Crippen molar-refractivity contribution in [2.24, 2.45) is 22.2 Å². The van der Waals surface area contributed by atoms with Gasteiger partial charge in [-0.1, -0.05) is 26.7 Å². The molecule has 19 heavy (non-hydrogen) atoms. The maximum Gasteiger partial charge on any atom is 0.312 e. The van der Waals surface area contributed by atoms with E-state index in [0.29, 0.717) is 25.0 Å². The number of carboxylic acid groups (broad SMARTS) is 2. The summed E-state index contributed by atoms with van der Waals surface area (Å²) in [6.45, 7) is 7.26. The van der Waals surface area contributed by atoms with Gasteiger partial charge in [-0.3, -0.25) is 14.6 Å². The van der Waals surface area contributed by atoms with Crippen molar-refractivity contribution in [2.45, 2.75) is 53.0 Å². The molecule has 0 bridgehead atoms. The third kappa shape index (κ3) is 2.38. The Hall–Kier alpha value is -1.39. The van der Waals surface area contributed by atoms with Crippen LogP contribution in [0.15, 0.2) is 4.99 Å². The molecule has 108 valence electrons. The van der Waals surface area contributed by atoms with Crippen LogP contribution in [-0.2, 0) is 9.59 Å². The van der Waals surface area contributed by atoms with Gasteiger partial charge in [0.05, 0.1) is 17.4 Å². The van der Waals surface area contributed by atoms with Crippen molar-refractivity contribution in [3.63, 3.8) is 0 Å². The Labute approximate surface area is 113 Å². The van der Waals surface area contributed by atoms with E-state index in [9.17, 15) is 19.8 Å². The first-order valence-corrected chi connectivity index (χ1v) is 6.83. The molecule has 5 heteroatoms. The summed E-state index contributed by atoms with van der Waals surface area (Å²) in [5.41, 5.74) is -0.522. The first-order chi connectivity index (χ1) is 8.82. The lowest BCUT2D eigenvalue weighted by Gasteiger charge is -2.46. The van der Waals surface area contributed by atoms with Crippen LogP contribution in [0.5, 0.6) is 0 Å². The monoisotopic (exact) mass is 269 g/mol. The molecule has 0 saturated heterocycles. The zero-order valence-corrected chi connectivity index (χ0v) is 12.0. The predicted octanol–water partition coefficient (Wildman–Crippen LogP) is 2.45.